The van der Waals surface area contributed by atoms with Crippen molar-refractivity contribution in [3.05, 3.63) is 70.8 Å². The second-order valence-corrected chi connectivity index (χ2v) is 7.39. The van der Waals surface area contributed by atoms with Crippen LogP contribution in [-0.4, -0.2) is 61.3 Å². The first-order valence-corrected chi connectivity index (χ1v) is 10.0. The third kappa shape index (κ3) is 3.33. The summed E-state index contributed by atoms with van der Waals surface area (Å²) in [6, 6.07) is 17.3. The van der Waals surface area contributed by atoms with E-state index in [0.717, 1.165) is 43.3 Å². The van der Waals surface area contributed by atoms with Gasteiger partial charge >= 0.3 is 0 Å². The number of H-pyrrole nitrogens is 1. The quantitative estimate of drug-likeness (QED) is 0.556. The minimum absolute atomic E-state index is 0.00887. The highest BCUT2D eigenvalue weighted by molar-refractivity contribution is 5.77. The number of aromatic nitrogens is 6. The predicted octanol–water partition coefficient (Wildman–Crippen LogP) is 1.78. The van der Waals surface area contributed by atoms with Gasteiger partial charge in [0.05, 0.1) is 22.6 Å². The zero-order valence-corrected chi connectivity index (χ0v) is 16.6. The Morgan fingerprint density at radius 2 is 1.70 bits per heavy atom. The third-order valence-electron chi connectivity index (χ3n) is 5.63. The molecule has 152 valence electrons. The topological polar surface area (TPSA) is 95.8 Å². The maximum absolute atomic E-state index is 12.4. The van der Waals surface area contributed by atoms with Gasteiger partial charge in [-0.15, -0.1) is 0 Å². The molecule has 9 heteroatoms. The lowest BCUT2D eigenvalue weighted by Gasteiger charge is -2.37. The van der Waals surface area contributed by atoms with Gasteiger partial charge < -0.3 is 9.88 Å². The summed E-state index contributed by atoms with van der Waals surface area (Å²) in [5.74, 6) is 1.44. The van der Waals surface area contributed by atoms with Crippen LogP contribution >= 0.6 is 0 Å². The number of nitrogens with one attached hydrogen (secondary N) is 1. The Morgan fingerprint density at radius 3 is 2.50 bits per heavy atom. The average Bonchev–Trinajstić information content (AvgIpc) is 3.29. The number of para-hydroxylation sites is 2. The molecule has 1 fully saturated rings. The zero-order valence-electron chi connectivity index (χ0n) is 16.6. The van der Waals surface area contributed by atoms with Crippen molar-refractivity contribution >= 4 is 16.9 Å². The van der Waals surface area contributed by atoms with Crippen LogP contribution in [0.4, 0.5) is 5.95 Å². The summed E-state index contributed by atoms with van der Waals surface area (Å²) >= 11 is 0. The van der Waals surface area contributed by atoms with Gasteiger partial charge in [0.2, 0.25) is 5.95 Å². The maximum atomic E-state index is 12.4. The molecule has 0 bridgehead atoms. The van der Waals surface area contributed by atoms with Crippen LogP contribution in [0.25, 0.3) is 16.6 Å². The molecule has 9 nitrogen and oxygen atoms in total. The van der Waals surface area contributed by atoms with E-state index in [1.807, 2.05) is 48.5 Å². The van der Waals surface area contributed by atoms with Crippen molar-refractivity contribution in [2.45, 2.75) is 13.0 Å². The van der Waals surface area contributed by atoms with Crippen molar-refractivity contribution < 1.29 is 0 Å². The lowest BCUT2D eigenvalue weighted by atomic mass is 10.2. The highest BCUT2D eigenvalue weighted by atomic mass is 16.1. The van der Waals surface area contributed by atoms with Crippen molar-refractivity contribution in [3.8, 4) is 5.69 Å². The molecule has 2 aromatic heterocycles. The minimum Gasteiger partial charge on any atom is -0.337 e. The molecule has 3 heterocycles. The molecule has 0 saturated carbocycles. The molecule has 0 spiro atoms. The molecule has 0 amide bonds. The predicted molar refractivity (Wildman–Crippen MR) is 114 cm³/mol. The SMILES string of the molecule is CC(c1nc2ccccc2c(=O)[nH]1)N1CCN(c2nnnn2-c2ccccc2)CC1. The Labute approximate surface area is 173 Å². The molecule has 1 atom stereocenters. The Morgan fingerprint density at radius 1 is 0.967 bits per heavy atom. The van der Waals surface area contributed by atoms with Crippen LogP contribution in [0.5, 0.6) is 0 Å². The van der Waals surface area contributed by atoms with Crippen LogP contribution in [0.1, 0.15) is 18.8 Å². The lowest BCUT2D eigenvalue weighted by Crippen LogP contribution is -2.48. The fraction of sp³-hybridized carbons (Fsp3) is 0.286. The van der Waals surface area contributed by atoms with Gasteiger partial charge in [0.15, 0.2) is 0 Å². The number of nitrogens with zero attached hydrogens (tertiary/aromatic N) is 7. The number of fused-ring (bicyclic) bond motifs is 1. The van der Waals surface area contributed by atoms with Crippen molar-refractivity contribution in [2.75, 3.05) is 31.1 Å². The number of hydrogen-bond donors (Lipinski definition) is 1. The highest BCUT2D eigenvalue weighted by Crippen LogP contribution is 2.22. The van der Waals surface area contributed by atoms with E-state index in [9.17, 15) is 4.79 Å². The van der Waals surface area contributed by atoms with Gasteiger partial charge in [-0.05, 0) is 41.6 Å². The highest BCUT2D eigenvalue weighted by Gasteiger charge is 2.26. The van der Waals surface area contributed by atoms with E-state index >= 15 is 0 Å². The summed E-state index contributed by atoms with van der Waals surface area (Å²) in [5.41, 5.74) is 1.57. The standard InChI is InChI=1S/C21H22N8O/c1-15(19-22-18-10-6-5-9-17(18)20(30)23-19)27-11-13-28(14-12-27)21-24-25-26-29(21)16-7-3-2-4-8-16/h2-10,15H,11-14H2,1H3,(H,22,23,30). The molecule has 1 aliphatic heterocycles. The van der Waals surface area contributed by atoms with Gasteiger partial charge in [-0.2, -0.15) is 4.68 Å². The monoisotopic (exact) mass is 402 g/mol. The van der Waals surface area contributed by atoms with Crippen molar-refractivity contribution in [1.29, 1.82) is 0 Å². The number of tetrazole rings is 1. The normalized spacial score (nSPS) is 16.1. The molecule has 1 saturated heterocycles. The van der Waals surface area contributed by atoms with E-state index in [1.165, 1.54) is 0 Å². The van der Waals surface area contributed by atoms with Gasteiger partial charge in [0, 0.05) is 26.2 Å². The molecule has 4 aromatic rings. The Kier molecular flexibility index (Phi) is 4.72. The molecule has 0 aliphatic carbocycles. The number of piperazine rings is 1. The fourth-order valence-electron chi connectivity index (χ4n) is 3.90. The average molecular weight is 402 g/mol. The van der Waals surface area contributed by atoms with Crippen molar-refractivity contribution in [3.63, 3.8) is 0 Å². The second kappa shape index (κ2) is 7.68. The van der Waals surface area contributed by atoms with Crippen LogP contribution in [0.15, 0.2) is 59.4 Å². The van der Waals surface area contributed by atoms with Crippen molar-refractivity contribution in [2.24, 2.45) is 0 Å². The minimum atomic E-state index is -0.0943. The smallest absolute Gasteiger partial charge is 0.258 e. The summed E-state index contributed by atoms with van der Waals surface area (Å²) in [6.45, 7) is 5.29. The summed E-state index contributed by atoms with van der Waals surface area (Å²) in [5, 5.41) is 12.9. The van der Waals surface area contributed by atoms with E-state index in [0.29, 0.717) is 11.2 Å². The number of benzene rings is 2. The van der Waals surface area contributed by atoms with Crippen LogP contribution in [0, 0.1) is 0 Å². The third-order valence-corrected chi connectivity index (χ3v) is 5.63. The first-order chi connectivity index (χ1) is 14.7. The van der Waals surface area contributed by atoms with Gasteiger partial charge in [-0.3, -0.25) is 9.69 Å². The molecule has 5 rings (SSSR count). The maximum Gasteiger partial charge on any atom is 0.258 e. The molecule has 2 aromatic carbocycles. The van der Waals surface area contributed by atoms with E-state index in [-0.39, 0.29) is 11.6 Å². The lowest BCUT2D eigenvalue weighted by molar-refractivity contribution is 0.190. The van der Waals surface area contributed by atoms with Crippen LogP contribution in [-0.2, 0) is 0 Å². The van der Waals surface area contributed by atoms with E-state index in [4.69, 9.17) is 0 Å². The summed E-state index contributed by atoms with van der Waals surface area (Å²) in [6.07, 6.45) is 0. The Balaban J connectivity index is 1.32. The number of anilines is 1. The molecule has 0 radical (unpaired) electrons. The Hall–Kier alpha value is -3.59. The van der Waals surface area contributed by atoms with Crippen LogP contribution < -0.4 is 10.5 Å². The second-order valence-electron chi connectivity index (χ2n) is 7.39. The molecule has 1 unspecified atom stereocenters. The number of hydrogen-bond acceptors (Lipinski definition) is 7. The summed E-state index contributed by atoms with van der Waals surface area (Å²) < 4.78 is 1.77. The first kappa shape index (κ1) is 18.4. The summed E-state index contributed by atoms with van der Waals surface area (Å²) in [7, 11) is 0. The first-order valence-electron chi connectivity index (χ1n) is 10.0. The molecular formula is C21H22N8O. The Bertz CT molecular complexity index is 1210. The van der Waals surface area contributed by atoms with Crippen molar-refractivity contribution in [1.82, 2.24) is 35.1 Å². The molecule has 1 N–H and O–H groups in total. The van der Waals surface area contributed by atoms with E-state index in [1.54, 1.807) is 10.7 Å². The van der Waals surface area contributed by atoms with Gasteiger partial charge in [0.25, 0.3) is 5.56 Å². The molecule has 30 heavy (non-hydrogen) atoms. The van der Waals surface area contributed by atoms with E-state index in [2.05, 4.69) is 42.2 Å². The van der Waals surface area contributed by atoms with Gasteiger partial charge in [-0.25, -0.2) is 4.98 Å². The fourth-order valence-corrected chi connectivity index (χ4v) is 3.90. The molecule has 1 aliphatic rings. The van der Waals surface area contributed by atoms with Gasteiger partial charge in [0.1, 0.15) is 5.82 Å². The zero-order chi connectivity index (χ0) is 20.5. The van der Waals surface area contributed by atoms with Gasteiger partial charge in [-0.1, -0.05) is 35.4 Å². The van der Waals surface area contributed by atoms with E-state index < -0.39 is 0 Å². The van der Waals surface area contributed by atoms with Crippen LogP contribution in [0.3, 0.4) is 0 Å². The number of rotatable bonds is 4. The number of aromatic amines is 1. The summed E-state index contributed by atoms with van der Waals surface area (Å²) in [4.78, 5) is 24.6. The molecular weight excluding hydrogens is 380 g/mol. The van der Waals surface area contributed by atoms with Crippen LogP contribution in [0.2, 0.25) is 0 Å². The largest absolute Gasteiger partial charge is 0.337 e.